The van der Waals surface area contributed by atoms with E-state index < -0.39 is 0 Å². The number of nitrogens with one attached hydrogen (secondary N) is 1. The first-order chi connectivity index (χ1) is 9.19. The summed E-state index contributed by atoms with van der Waals surface area (Å²) in [6, 6.07) is 7.18. The minimum Gasteiger partial charge on any atom is -0.489 e. The van der Waals surface area contributed by atoms with Gasteiger partial charge in [-0.2, -0.15) is 0 Å². The molecule has 0 aliphatic carbocycles. The summed E-state index contributed by atoms with van der Waals surface area (Å²) in [5.74, 6) is 0.540. The molecule has 1 rings (SSSR count). The number of anilines is 1. The van der Waals surface area contributed by atoms with Gasteiger partial charge in [0.25, 0.3) is 0 Å². The Morgan fingerprint density at radius 2 is 2.30 bits per heavy atom. The maximum Gasteiger partial charge on any atom is 0.227 e. The highest BCUT2D eigenvalue weighted by Gasteiger charge is 2.11. The van der Waals surface area contributed by atoms with Crippen LogP contribution in [0.25, 0.3) is 0 Å². The first-order valence-electron chi connectivity index (χ1n) is 6.06. The third kappa shape index (κ3) is 6.56. The van der Waals surface area contributed by atoms with E-state index in [-0.39, 0.29) is 30.8 Å². The molecule has 0 saturated carbocycles. The van der Waals surface area contributed by atoms with Crippen molar-refractivity contribution in [2.45, 2.75) is 12.5 Å². The molecule has 3 N–H and O–H groups in total. The van der Waals surface area contributed by atoms with Crippen LogP contribution < -0.4 is 15.8 Å². The fourth-order valence-electron chi connectivity index (χ4n) is 1.50. The van der Waals surface area contributed by atoms with Crippen molar-refractivity contribution in [1.82, 2.24) is 0 Å². The Kier molecular flexibility index (Phi) is 9.45. The van der Waals surface area contributed by atoms with Crippen LogP contribution in [0.1, 0.15) is 6.42 Å². The summed E-state index contributed by atoms with van der Waals surface area (Å²) in [6.45, 7) is 4.32. The van der Waals surface area contributed by atoms with Gasteiger partial charge in [0.1, 0.15) is 12.4 Å². The summed E-state index contributed by atoms with van der Waals surface area (Å²) in [5.41, 5.74) is 6.15. The molecule has 0 spiro atoms. The highest BCUT2D eigenvalue weighted by molar-refractivity contribution is 5.91. The largest absolute Gasteiger partial charge is 0.489 e. The minimum absolute atomic E-state index is 0. The van der Waals surface area contributed by atoms with Crippen LogP contribution >= 0.6 is 12.4 Å². The highest BCUT2D eigenvalue weighted by Crippen LogP contribution is 2.17. The molecule has 1 amide bonds. The molecule has 1 atom stereocenters. The molecule has 112 valence electrons. The summed E-state index contributed by atoms with van der Waals surface area (Å²) < 4.78 is 10.4. The normalized spacial score (nSPS) is 11.1. The van der Waals surface area contributed by atoms with Gasteiger partial charge < -0.3 is 20.5 Å². The van der Waals surface area contributed by atoms with Crippen LogP contribution in [0.3, 0.4) is 0 Å². The number of halogens is 1. The van der Waals surface area contributed by atoms with Gasteiger partial charge in [-0.1, -0.05) is 18.7 Å². The zero-order valence-corrected chi connectivity index (χ0v) is 12.3. The van der Waals surface area contributed by atoms with E-state index in [1.165, 1.54) is 7.11 Å². The lowest BCUT2D eigenvalue weighted by Gasteiger charge is -2.13. The molecule has 20 heavy (non-hydrogen) atoms. The van der Waals surface area contributed by atoms with Crippen LogP contribution in [-0.4, -0.2) is 32.3 Å². The number of rotatable bonds is 8. The van der Waals surface area contributed by atoms with Gasteiger partial charge in [0.05, 0.1) is 12.5 Å². The van der Waals surface area contributed by atoms with E-state index >= 15 is 0 Å². The molecule has 0 saturated heterocycles. The quantitative estimate of drug-likeness (QED) is 0.720. The molecule has 0 aliphatic rings. The third-order valence-electron chi connectivity index (χ3n) is 2.49. The molecule has 6 heteroatoms. The van der Waals surface area contributed by atoms with Crippen LogP contribution in [0.4, 0.5) is 5.69 Å². The molecule has 0 radical (unpaired) electrons. The number of hydrogen-bond donors (Lipinski definition) is 2. The number of carbonyl (C=O) groups is 1. The van der Waals surface area contributed by atoms with Gasteiger partial charge in [0.2, 0.25) is 5.91 Å². The average molecular weight is 301 g/mol. The molecule has 0 heterocycles. The molecule has 1 unspecified atom stereocenters. The lowest BCUT2D eigenvalue weighted by Crippen LogP contribution is -2.28. The van der Waals surface area contributed by atoms with Gasteiger partial charge in [0.15, 0.2) is 0 Å². The summed E-state index contributed by atoms with van der Waals surface area (Å²) >= 11 is 0. The number of methoxy groups -OCH3 is 1. The van der Waals surface area contributed by atoms with E-state index in [9.17, 15) is 4.79 Å². The van der Waals surface area contributed by atoms with Crippen molar-refractivity contribution in [1.29, 1.82) is 0 Å². The fourth-order valence-corrected chi connectivity index (χ4v) is 1.50. The number of nitrogens with two attached hydrogens (primary N) is 1. The maximum absolute atomic E-state index is 11.8. The second kappa shape index (κ2) is 10.3. The minimum atomic E-state index is -0.264. The molecular weight excluding hydrogens is 280 g/mol. The number of amides is 1. The first kappa shape index (κ1) is 18.4. The predicted molar refractivity (Wildman–Crippen MR) is 82.5 cm³/mol. The van der Waals surface area contributed by atoms with Gasteiger partial charge in [-0.05, 0) is 12.1 Å². The van der Waals surface area contributed by atoms with E-state index in [2.05, 4.69) is 11.9 Å². The fraction of sp³-hybridized carbons (Fsp3) is 0.357. The third-order valence-corrected chi connectivity index (χ3v) is 2.49. The van der Waals surface area contributed by atoms with E-state index in [0.717, 1.165) is 0 Å². The monoisotopic (exact) mass is 300 g/mol. The van der Waals surface area contributed by atoms with Crippen molar-refractivity contribution in [3.63, 3.8) is 0 Å². The van der Waals surface area contributed by atoms with E-state index in [0.29, 0.717) is 24.6 Å². The Morgan fingerprint density at radius 1 is 1.55 bits per heavy atom. The van der Waals surface area contributed by atoms with E-state index in [1.807, 2.05) is 12.1 Å². The summed E-state index contributed by atoms with van der Waals surface area (Å²) in [7, 11) is 1.54. The molecule has 0 fully saturated rings. The molecule has 0 aromatic heterocycles. The van der Waals surface area contributed by atoms with E-state index in [4.69, 9.17) is 15.2 Å². The number of hydrogen-bond acceptors (Lipinski definition) is 4. The second-order valence-corrected chi connectivity index (χ2v) is 3.97. The lowest BCUT2D eigenvalue weighted by atomic mass is 10.2. The Morgan fingerprint density at radius 3 is 2.90 bits per heavy atom. The molecule has 0 aliphatic heterocycles. The van der Waals surface area contributed by atoms with Crippen molar-refractivity contribution in [2.24, 2.45) is 5.73 Å². The molecule has 1 aromatic carbocycles. The van der Waals surface area contributed by atoms with Crippen LogP contribution in [-0.2, 0) is 9.53 Å². The average Bonchev–Trinajstić information content (AvgIpc) is 2.43. The van der Waals surface area contributed by atoms with Gasteiger partial charge in [-0.25, -0.2) is 0 Å². The summed E-state index contributed by atoms with van der Waals surface area (Å²) in [6.07, 6.45) is 1.63. The summed E-state index contributed by atoms with van der Waals surface area (Å²) in [4.78, 5) is 11.8. The first-order valence-corrected chi connectivity index (χ1v) is 6.06. The molecule has 0 bridgehead atoms. The number of carbonyl (C=O) groups excluding carboxylic acids is 1. The topological polar surface area (TPSA) is 73.6 Å². The van der Waals surface area contributed by atoms with Crippen LogP contribution in [0.2, 0.25) is 0 Å². The van der Waals surface area contributed by atoms with Crippen molar-refractivity contribution < 1.29 is 14.3 Å². The van der Waals surface area contributed by atoms with Crippen molar-refractivity contribution in [2.75, 3.05) is 25.6 Å². The maximum atomic E-state index is 11.8. The number of ether oxygens (including phenoxy) is 2. The number of benzene rings is 1. The highest BCUT2D eigenvalue weighted by atomic mass is 35.5. The molecule has 1 aromatic rings. The van der Waals surface area contributed by atoms with Gasteiger partial charge in [-0.3, -0.25) is 4.79 Å². The van der Waals surface area contributed by atoms with Crippen LogP contribution in [0.5, 0.6) is 5.75 Å². The Bertz CT molecular complexity index is 423. The van der Waals surface area contributed by atoms with E-state index in [1.54, 1.807) is 18.2 Å². The van der Waals surface area contributed by atoms with Gasteiger partial charge >= 0.3 is 0 Å². The second-order valence-electron chi connectivity index (χ2n) is 3.97. The summed E-state index contributed by atoms with van der Waals surface area (Å²) in [5, 5.41) is 2.78. The Hall–Kier alpha value is -1.56. The zero-order chi connectivity index (χ0) is 14.1. The van der Waals surface area contributed by atoms with Crippen molar-refractivity contribution in [3.8, 4) is 5.75 Å². The van der Waals surface area contributed by atoms with Crippen molar-refractivity contribution >= 4 is 24.0 Å². The zero-order valence-electron chi connectivity index (χ0n) is 11.5. The van der Waals surface area contributed by atoms with Crippen LogP contribution in [0.15, 0.2) is 36.9 Å². The smallest absolute Gasteiger partial charge is 0.227 e. The SMILES string of the molecule is C=CCOc1cccc(NC(=O)CC(CN)OC)c1.Cl. The standard InChI is InChI=1S/C14H20N2O3.ClH/c1-3-7-19-12-6-4-5-11(8-12)16-14(17)9-13(10-15)18-2;/h3-6,8,13H,1,7,9-10,15H2,2H3,(H,16,17);1H. The molecular formula is C14H21ClN2O3. The Balaban J connectivity index is 0.00000361. The van der Waals surface area contributed by atoms with Crippen molar-refractivity contribution in [3.05, 3.63) is 36.9 Å². The Labute approximate surface area is 125 Å². The predicted octanol–water partition coefficient (Wildman–Crippen LogP) is 1.98. The van der Waals surface area contributed by atoms with Crippen LogP contribution in [0, 0.1) is 0 Å². The lowest BCUT2D eigenvalue weighted by molar-refractivity contribution is -0.118. The van der Waals surface area contributed by atoms with Gasteiger partial charge in [0, 0.05) is 25.4 Å². The van der Waals surface area contributed by atoms with Gasteiger partial charge in [-0.15, -0.1) is 12.4 Å². The molecule has 5 nitrogen and oxygen atoms in total.